The Morgan fingerprint density at radius 3 is 2.62 bits per heavy atom. The smallest absolute Gasteiger partial charge is 0.144 e. The van der Waals surface area contributed by atoms with E-state index in [1.807, 2.05) is 24.3 Å². The van der Waals surface area contributed by atoms with Gasteiger partial charge in [-0.1, -0.05) is 28.1 Å². The van der Waals surface area contributed by atoms with Crippen molar-refractivity contribution in [3.8, 4) is 0 Å². The molecule has 1 aromatic heterocycles. The monoisotopic (exact) mass is 276 g/mol. The maximum absolute atomic E-state index is 10.6. The molecular weight excluding hydrogens is 268 g/mol. The highest BCUT2D eigenvalue weighted by molar-refractivity contribution is 9.10. The second-order valence-electron chi connectivity index (χ2n) is 3.16. The molecule has 16 heavy (non-hydrogen) atoms. The molecule has 0 aliphatic carbocycles. The zero-order chi connectivity index (χ0) is 11.4. The molecule has 0 aliphatic heterocycles. The van der Waals surface area contributed by atoms with Crippen LogP contribution in [0.25, 0.3) is 5.70 Å². The highest BCUT2D eigenvalue weighted by Crippen LogP contribution is 2.19. The molecule has 0 atom stereocenters. The number of aromatic nitrogens is 2. The van der Waals surface area contributed by atoms with Crippen LogP contribution in [0.1, 0.15) is 5.56 Å². The van der Waals surface area contributed by atoms with Crippen LogP contribution in [-0.2, 0) is 4.79 Å². The largest absolute Gasteiger partial charge is 0.306 e. The maximum Gasteiger partial charge on any atom is 0.144 e. The molecule has 0 saturated carbocycles. The van der Waals surface area contributed by atoms with Gasteiger partial charge in [0.25, 0.3) is 0 Å². The van der Waals surface area contributed by atoms with Crippen LogP contribution in [0.15, 0.2) is 53.5 Å². The Bertz CT molecular complexity index is 500. The first-order valence-electron chi connectivity index (χ1n) is 4.71. The Kier molecular flexibility index (Phi) is 3.31. The van der Waals surface area contributed by atoms with E-state index in [-0.39, 0.29) is 0 Å². The molecule has 3 nitrogen and oxygen atoms in total. The average molecular weight is 277 g/mol. The number of halogens is 1. The summed E-state index contributed by atoms with van der Waals surface area (Å²) in [4.78, 5) is 14.6. The Morgan fingerprint density at radius 2 is 2.06 bits per heavy atom. The lowest BCUT2D eigenvalue weighted by Gasteiger charge is -2.07. The Balaban J connectivity index is 2.45. The van der Waals surface area contributed by atoms with E-state index in [4.69, 9.17) is 0 Å². The highest BCUT2D eigenvalue weighted by atomic mass is 79.9. The van der Waals surface area contributed by atoms with Crippen molar-refractivity contribution < 1.29 is 4.79 Å². The van der Waals surface area contributed by atoms with Gasteiger partial charge < -0.3 is 4.57 Å². The maximum atomic E-state index is 10.6. The van der Waals surface area contributed by atoms with Crippen molar-refractivity contribution in [1.29, 1.82) is 0 Å². The molecule has 0 spiro atoms. The van der Waals surface area contributed by atoms with Crippen molar-refractivity contribution in [2.75, 3.05) is 0 Å². The van der Waals surface area contributed by atoms with E-state index in [9.17, 15) is 4.79 Å². The lowest BCUT2D eigenvalue weighted by molar-refractivity contribution is -0.104. The summed E-state index contributed by atoms with van der Waals surface area (Å²) < 4.78 is 2.81. The first-order chi connectivity index (χ1) is 7.81. The zero-order valence-corrected chi connectivity index (χ0v) is 9.96. The normalized spacial score (nSPS) is 11.4. The molecule has 0 aliphatic rings. The van der Waals surface area contributed by atoms with E-state index >= 15 is 0 Å². The molecule has 0 bridgehead atoms. The Morgan fingerprint density at radius 1 is 1.31 bits per heavy atom. The van der Waals surface area contributed by atoms with Gasteiger partial charge in [0, 0.05) is 22.9 Å². The first-order valence-corrected chi connectivity index (χ1v) is 5.50. The molecule has 4 heteroatoms. The van der Waals surface area contributed by atoms with Crippen LogP contribution in [0.3, 0.4) is 0 Å². The minimum absolute atomic E-state index is 0.775. The predicted octanol–water partition coefficient (Wildman–Crippen LogP) is 2.73. The van der Waals surface area contributed by atoms with Gasteiger partial charge >= 0.3 is 0 Å². The van der Waals surface area contributed by atoms with E-state index in [1.54, 1.807) is 23.3 Å². The third-order valence-corrected chi connectivity index (χ3v) is 2.68. The first kappa shape index (κ1) is 10.8. The number of aldehydes is 1. The molecular formula is C12H9BrN2O. The molecule has 1 heterocycles. The second-order valence-corrected chi connectivity index (χ2v) is 4.08. The molecule has 0 N–H and O–H groups in total. The van der Waals surface area contributed by atoms with Gasteiger partial charge in [-0.25, -0.2) is 4.98 Å². The summed E-state index contributed by atoms with van der Waals surface area (Å²) in [5.74, 6) is 0. The molecule has 80 valence electrons. The third kappa shape index (κ3) is 2.28. The van der Waals surface area contributed by atoms with Gasteiger partial charge in [-0.2, -0.15) is 0 Å². The number of carbonyl (C=O) groups is 1. The number of benzene rings is 1. The number of nitrogens with zero attached hydrogens (tertiary/aromatic N) is 2. The number of hydrogen-bond donors (Lipinski definition) is 0. The van der Waals surface area contributed by atoms with E-state index in [1.165, 1.54) is 6.08 Å². The Labute approximate surface area is 102 Å². The fraction of sp³-hybridized carbons (Fsp3) is 0. The van der Waals surface area contributed by atoms with Gasteiger partial charge in [0.15, 0.2) is 0 Å². The number of hydrogen-bond acceptors (Lipinski definition) is 2. The number of carbonyl (C=O) groups excluding carboxylic acids is 1. The van der Waals surface area contributed by atoms with Crippen LogP contribution in [0, 0.1) is 0 Å². The summed E-state index contributed by atoms with van der Waals surface area (Å²) in [6, 6.07) is 7.76. The highest BCUT2D eigenvalue weighted by Gasteiger charge is 2.02. The van der Waals surface area contributed by atoms with E-state index < -0.39 is 0 Å². The van der Waals surface area contributed by atoms with E-state index in [0.29, 0.717) is 0 Å². The summed E-state index contributed by atoms with van der Waals surface area (Å²) in [6.07, 6.45) is 7.44. The van der Waals surface area contributed by atoms with Crippen LogP contribution in [0.4, 0.5) is 0 Å². The van der Waals surface area contributed by atoms with Crippen molar-refractivity contribution in [2.45, 2.75) is 0 Å². The van der Waals surface area contributed by atoms with Crippen LogP contribution < -0.4 is 0 Å². The molecule has 2 rings (SSSR count). The molecule has 0 saturated heterocycles. The quantitative estimate of drug-likeness (QED) is 0.638. The van der Waals surface area contributed by atoms with E-state index in [0.717, 1.165) is 22.0 Å². The predicted molar refractivity (Wildman–Crippen MR) is 65.8 cm³/mol. The number of imidazole rings is 1. The minimum atomic E-state index is 0.775. The Hall–Kier alpha value is -1.68. The van der Waals surface area contributed by atoms with Crippen molar-refractivity contribution in [2.24, 2.45) is 0 Å². The van der Waals surface area contributed by atoms with Crippen LogP contribution in [0.2, 0.25) is 0 Å². The lowest BCUT2D eigenvalue weighted by atomic mass is 10.1. The average Bonchev–Trinajstić information content (AvgIpc) is 2.81. The topological polar surface area (TPSA) is 34.9 Å². The molecule has 0 radical (unpaired) electrons. The van der Waals surface area contributed by atoms with Gasteiger partial charge in [-0.05, 0) is 17.7 Å². The van der Waals surface area contributed by atoms with Gasteiger partial charge in [0.05, 0.1) is 12.0 Å². The molecule has 0 fully saturated rings. The summed E-state index contributed by atoms with van der Waals surface area (Å²) in [5, 5.41) is 0. The SMILES string of the molecule is O=CC=C(c1ccc(Br)cc1)n1ccnc1. The fourth-order valence-corrected chi connectivity index (χ4v) is 1.68. The fourth-order valence-electron chi connectivity index (χ4n) is 1.42. The molecule has 2 aromatic rings. The summed E-state index contributed by atoms with van der Waals surface area (Å²) in [7, 11) is 0. The zero-order valence-electron chi connectivity index (χ0n) is 8.38. The standard InChI is InChI=1S/C12H9BrN2O/c13-11-3-1-10(2-4-11)12(5-8-16)15-7-6-14-9-15/h1-9H. The van der Waals surface area contributed by atoms with Crippen LogP contribution in [-0.4, -0.2) is 15.8 Å². The van der Waals surface area contributed by atoms with Gasteiger partial charge in [-0.15, -0.1) is 0 Å². The van der Waals surface area contributed by atoms with E-state index in [2.05, 4.69) is 20.9 Å². The van der Waals surface area contributed by atoms with Crippen LogP contribution in [0.5, 0.6) is 0 Å². The number of rotatable bonds is 3. The molecule has 0 amide bonds. The third-order valence-electron chi connectivity index (χ3n) is 2.15. The van der Waals surface area contributed by atoms with Crippen molar-refractivity contribution >= 4 is 27.9 Å². The summed E-state index contributed by atoms with van der Waals surface area (Å²) in [6.45, 7) is 0. The minimum Gasteiger partial charge on any atom is -0.306 e. The van der Waals surface area contributed by atoms with Crippen molar-refractivity contribution in [3.05, 3.63) is 59.1 Å². The van der Waals surface area contributed by atoms with Gasteiger partial charge in [0.2, 0.25) is 0 Å². The molecule has 1 aromatic carbocycles. The van der Waals surface area contributed by atoms with Gasteiger partial charge in [0.1, 0.15) is 6.29 Å². The van der Waals surface area contributed by atoms with Gasteiger partial charge in [-0.3, -0.25) is 4.79 Å². The lowest BCUT2D eigenvalue weighted by Crippen LogP contribution is -1.96. The van der Waals surface area contributed by atoms with Crippen molar-refractivity contribution in [3.63, 3.8) is 0 Å². The summed E-state index contributed by atoms with van der Waals surface area (Å²) >= 11 is 3.37. The second kappa shape index (κ2) is 4.90. The summed E-state index contributed by atoms with van der Waals surface area (Å²) in [5.41, 5.74) is 1.77. The van der Waals surface area contributed by atoms with Crippen LogP contribution >= 0.6 is 15.9 Å². The molecule has 0 unspecified atom stereocenters. The van der Waals surface area contributed by atoms with Crippen molar-refractivity contribution in [1.82, 2.24) is 9.55 Å². The number of allylic oxidation sites excluding steroid dienone is 1.